The molecule has 194 valence electrons. The summed E-state index contributed by atoms with van der Waals surface area (Å²) in [7, 11) is -4.21. The number of benzene rings is 3. The Balaban J connectivity index is 1.34. The van der Waals surface area contributed by atoms with E-state index in [4.69, 9.17) is 5.73 Å². The SMILES string of the molecule is Nc1c(C(=O)c2cc3cc(F)ccc3n2S(=O)(=O)c2ccccc2)cnn1-c1ccc2nc(C3CC3)[nH]c2c1. The Hall–Kier alpha value is -4.77. The number of halogens is 1. The lowest BCUT2D eigenvalue weighted by Gasteiger charge is -2.11. The molecule has 3 N–H and O–H groups in total. The van der Waals surface area contributed by atoms with Crippen molar-refractivity contribution in [3.63, 3.8) is 0 Å². The first-order valence-electron chi connectivity index (χ1n) is 12.3. The molecule has 3 aromatic heterocycles. The summed E-state index contributed by atoms with van der Waals surface area (Å²) in [6, 6.07) is 18.3. The fourth-order valence-corrected chi connectivity index (χ4v) is 6.38. The number of aromatic nitrogens is 5. The van der Waals surface area contributed by atoms with Crippen LogP contribution >= 0.6 is 0 Å². The Morgan fingerprint density at radius 1 is 1.03 bits per heavy atom. The standard InChI is InChI=1S/C28H21FN6O3S/c29-18-8-11-24-17(12-18)13-25(35(24)39(37,38)20-4-2-1-3-5-20)26(36)21-15-31-34(27(21)30)19-9-10-22-23(14-19)33-28(32-22)16-6-7-16/h1-5,8-16H,6-7,30H2,(H,32,33). The van der Waals surface area contributed by atoms with Gasteiger partial charge >= 0.3 is 0 Å². The fraction of sp³-hybridized carbons (Fsp3) is 0.107. The molecule has 7 rings (SSSR count). The van der Waals surface area contributed by atoms with Crippen molar-refractivity contribution in [1.82, 2.24) is 23.7 Å². The van der Waals surface area contributed by atoms with Gasteiger partial charge in [0.2, 0.25) is 5.78 Å². The van der Waals surface area contributed by atoms with Gasteiger partial charge in [0.15, 0.2) is 0 Å². The molecule has 39 heavy (non-hydrogen) atoms. The van der Waals surface area contributed by atoms with Crippen LogP contribution in [0.1, 0.15) is 40.6 Å². The maximum Gasteiger partial charge on any atom is 0.268 e. The van der Waals surface area contributed by atoms with Crippen molar-refractivity contribution >= 4 is 43.6 Å². The van der Waals surface area contributed by atoms with Gasteiger partial charge in [0.25, 0.3) is 10.0 Å². The van der Waals surface area contributed by atoms with E-state index < -0.39 is 21.6 Å². The highest BCUT2D eigenvalue weighted by Gasteiger charge is 2.30. The minimum atomic E-state index is -4.21. The van der Waals surface area contributed by atoms with Gasteiger partial charge in [0.05, 0.1) is 38.9 Å². The Morgan fingerprint density at radius 3 is 2.59 bits per heavy atom. The Kier molecular flexibility index (Phi) is 5.01. The van der Waals surface area contributed by atoms with Crippen molar-refractivity contribution in [3.8, 4) is 5.69 Å². The third-order valence-electron chi connectivity index (χ3n) is 6.98. The number of carbonyl (C=O) groups excluding carboxylic acids is 1. The van der Waals surface area contributed by atoms with Crippen LogP contribution in [0.25, 0.3) is 27.6 Å². The first-order chi connectivity index (χ1) is 18.8. The number of aromatic amines is 1. The number of nitrogens with two attached hydrogens (primary N) is 1. The second-order valence-corrected chi connectivity index (χ2v) is 11.4. The second kappa shape index (κ2) is 8.37. The third-order valence-corrected chi connectivity index (χ3v) is 8.72. The molecule has 3 heterocycles. The molecule has 1 saturated carbocycles. The maximum atomic E-state index is 14.1. The Morgan fingerprint density at radius 2 is 1.82 bits per heavy atom. The molecule has 0 amide bonds. The van der Waals surface area contributed by atoms with E-state index in [0.29, 0.717) is 11.6 Å². The number of hydrogen-bond donors (Lipinski definition) is 2. The summed E-state index contributed by atoms with van der Waals surface area (Å²) < 4.78 is 43.8. The molecule has 0 spiro atoms. The van der Waals surface area contributed by atoms with Gasteiger partial charge < -0.3 is 10.7 Å². The van der Waals surface area contributed by atoms with Gasteiger partial charge in [-0.05, 0) is 67.4 Å². The maximum absolute atomic E-state index is 14.1. The predicted molar refractivity (Wildman–Crippen MR) is 144 cm³/mol. The van der Waals surface area contributed by atoms with E-state index in [-0.39, 0.29) is 32.9 Å². The van der Waals surface area contributed by atoms with Gasteiger partial charge in [-0.15, -0.1) is 0 Å². The first-order valence-corrected chi connectivity index (χ1v) is 13.7. The molecule has 1 aliphatic carbocycles. The number of nitrogens with one attached hydrogen (secondary N) is 1. The van der Waals surface area contributed by atoms with Crippen LogP contribution in [-0.4, -0.2) is 37.9 Å². The number of nitrogen functional groups attached to an aromatic ring is 1. The quantitative estimate of drug-likeness (QED) is 0.293. The molecule has 9 nitrogen and oxygen atoms in total. The van der Waals surface area contributed by atoms with E-state index in [0.717, 1.165) is 39.7 Å². The van der Waals surface area contributed by atoms with E-state index in [2.05, 4.69) is 15.1 Å². The van der Waals surface area contributed by atoms with Gasteiger partial charge in [0, 0.05) is 11.3 Å². The summed E-state index contributed by atoms with van der Waals surface area (Å²) in [6.45, 7) is 0. The lowest BCUT2D eigenvalue weighted by molar-refractivity contribution is 0.103. The number of fused-ring (bicyclic) bond motifs is 2. The van der Waals surface area contributed by atoms with Crippen molar-refractivity contribution in [2.24, 2.45) is 0 Å². The molecule has 6 aromatic rings. The van der Waals surface area contributed by atoms with E-state index in [1.165, 1.54) is 41.2 Å². The van der Waals surface area contributed by atoms with E-state index in [9.17, 15) is 17.6 Å². The zero-order chi connectivity index (χ0) is 26.9. The zero-order valence-electron chi connectivity index (χ0n) is 20.4. The van der Waals surface area contributed by atoms with Crippen LogP contribution in [0.3, 0.4) is 0 Å². The lowest BCUT2D eigenvalue weighted by Crippen LogP contribution is -2.19. The molecule has 0 unspecified atom stereocenters. The van der Waals surface area contributed by atoms with Gasteiger partial charge in [-0.2, -0.15) is 5.10 Å². The van der Waals surface area contributed by atoms with Crippen LogP contribution in [-0.2, 0) is 10.0 Å². The highest BCUT2D eigenvalue weighted by molar-refractivity contribution is 7.90. The summed E-state index contributed by atoms with van der Waals surface area (Å²) >= 11 is 0. The van der Waals surface area contributed by atoms with Crippen LogP contribution in [0, 0.1) is 5.82 Å². The van der Waals surface area contributed by atoms with Crippen molar-refractivity contribution in [2.75, 3.05) is 5.73 Å². The van der Waals surface area contributed by atoms with Gasteiger partial charge in [-0.25, -0.2) is 26.4 Å². The molecule has 0 radical (unpaired) electrons. The molecule has 11 heteroatoms. The van der Waals surface area contributed by atoms with Crippen molar-refractivity contribution in [3.05, 3.63) is 102 Å². The van der Waals surface area contributed by atoms with Crippen LogP contribution in [0.2, 0.25) is 0 Å². The molecule has 0 atom stereocenters. The second-order valence-electron chi connectivity index (χ2n) is 9.60. The highest BCUT2D eigenvalue weighted by Crippen LogP contribution is 2.39. The minimum absolute atomic E-state index is 0.0111. The molecule has 3 aromatic carbocycles. The van der Waals surface area contributed by atoms with Crippen LogP contribution in [0.4, 0.5) is 10.2 Å². The molecular formula is C28H21FN6O3S. The topological polar surface area (TPSA) is 129 Å². The van der Waals surface area contributed by atoms with Crippen molar-refractivity contribution in [1.29, 1.82) is 0 Å². The molecule has 0 saturated heterocycles. The molecule has 1 aliphatic rings. The number of H-pyrrole nitrogens is 1. The number of anilines is 1. The lowest BCUT2D eigenvalue weighted by atomic mass is 10.1. The summed E-state index contributed by atoms with van der Waals surface area (Å²) in [4.78, 5) is 21.8. The fourth-order valence-electron chi connectivity index (χ4n) is 4.85. The predicted octanol–water partition coefficient (Wildman–Crippen LogP) is 4.77. The smallest absolute Gasteiger partial charge is 0.268 e. The normalized spacial score (nSPS) is 13.9. The number of nitrogens with zero attached hydrogens (tertiary/aromatic N) is 4. The number of carbonyl (C=O) groups is 1. The molecule has 0 aliphatic heterocycles. The monoisotopic (exact) mass is 540 g/mol. The van der Waals surface area contributed by atoms with Crippen molar-refractivity contribution < 1.29 is 17.6 Å². The van der Waals surface area contributed by atoms with Crippen LogP contribution < -0.4 is 5.73 Å². The number of rotatable bonds is 6. The highest BCUT2D eigenvalue weighted by atomic mass is 32.2. The largest absolute Gasteiger partial charge is 0.383 e. The Labute approximate surface area is 221 Å². The van der Waals surface area contributed by atoms with E-state index >= 15 is 0 Å². The Bertz CT molecular complexity index is 2040. The number of imidazole rings is 1. The average Bonchev–Trinajstić information content (AvgIpc) is 3.41. The van der Waals surface area contributed by atoms with E-state index in [1.807, 2.05) is 12.1 Å². The van der Waals surface area contributed by atoms with Crippen molar-refractivity contribution in [2.45, 2.75) is 23.7 Å². The third kappa shape index (κ3) is 3.73. The van der Waals surface area contributed by atoms with Crippen LogP contribution in [0.5, 0.6) is 0 Å². The molecular weight excluding hydrogens is 519 g/mol. The molecule has 0 bridgehead atoms. The zero-order valence-corrected chi connectivity index (χ0v) is 21.2. The summed E-state index contributed by atoms with van der Waals surface area (Å²) in [5, 5.41) is 4.59. The molecule has 1 fully saturated rings. The van der Waals surface area contributed by atoms with Gasteiger partial charge in [-0.3, -0.25) is 4.79 Å². The summed E-state index contributed by atoms with van der Waals surface area (Å²) in [5.74, 6) is 0.250. The average molecular weight is 541 g/mol. The van der Waals surface area contributed by atoms with E-state index in [1.54, 1.807) is 24.3 Å². The summed E-state index contributed by atoms with van der Waals surface area (Å²) in [5.41, 5.74) is 8.69. The van der Waals surface area contributed by atoms with Gasteiger partial charge in [0.1, 0.15) is 23.2 Å². The van der Waals surface area contributed by atoms with Gasteiger partial charge in [-0.1, -0.05) is 18.2 Å². The van der Waals surface area contributed by atoms with Crippen LogP contribution in [0.15, 0.2) is 83.9 Å². The minimum Gasteiger partial charge on any atom is -0.383 e. The number of ketones is 1. The first kappa shape index (κ1) is 23.4. The number of hydrogen-bond acceptors (Lipinski definition) is 6. The summed E-state index contributed by atoms with van der Waals surface area (Å²) in [6.07, 6.45) is 3.55.